The molecule has 3 rings (SSSR count). The lowest BCUT2D eigenvalue weighted by Crippen LogP contribution is -2.50. The van der Waals surface area contributed by atoms with Crippen molar-refractivity contribution in [1.82, 2.24) is 0 Å². The first-order valence-electron chi connectivity index (χ1n) is 8.07. The van der Waals surface area contributed by atoms with Crippen molar-refractivity contribution in [3.8, 4) is 0 Å². The Balaban J connectivity index is 1.59. The van der Waals surface area contributed by atoms with Crippen molar-refractivity contribution in [3.63, 3.8) is 0 Å². The van der Waals surface area contributed by atoms with E-state index < -0.39 is 0 Å². The second-order valence-corrected chi connectivity index (χ2v) is 7.14. The first-order chi connectivity index (χ1) is 9.11. The van der Waals surface area contributed by atoms with E-state index >= 15 is 0 Å². The van der Waals surface area contributed by atoms with Gasteiger partial charge in [-0.25, -0.2) is 0 Å². The minimum atomic E-state index is -0.158. The van der Waals surface area contributed by atoms with Gasteiger partial charge in [0.2, 0.25) is 0 Å². The Morgan fingerprint density at radius 1 is 1.11 bits per heavy atom. The average Bonchev–Trinajstić information content (AvgIpc) is 2.38. The predicted octanol–water partition coefficient (Wildman–Crippen LogP) is 2.96. The van der Waals surface area contributed by atoms with Gasteiger partial charge < -0.3 is 10.5 Å². The SMILES string of the molecule is NC1(CC(=O)C2CCOC3(CCCCC3)C2)CCC1. The number of hydrogen-bond acceptors (Lipinski definition) is 3. The molecule has 1 saturated heterocycles. The molecule has 1 heterocycles. The summed E-state index contributed by atoms with van der Waals surface area (Å²) in [4.78, 5) is 12.5. The molecule has 2 aliphatic carbocycles. The molecule has 1 spiro atoms. The van der Waals surface area contributed by atoms with E-state index in [-0.39, 0.29) is 17.1 Å². The quantitative estimate of drug-likeness (QED) is 0.853. The molecule has 1 aliphatic heterocycles. The van der Waals surface area contributed by atoms with Crippen LogP contribution in [0.4, 0.5) is 0 Å². The van der Waals surface area contributed by atoms with Crippen LogP contribution in [-0.4, -0.2) is 23.5 Å². The molecule has 0 aromatic rings. The lowest BCUT2D eigenvalue weighted by atomic mass is 9.70. The summed E-state index contributed by atoms with van der Waals surface area (Å²) in [6.45, 7) is 0.772. The average molecular weight is 265 g/mol. The highest BCUT2D eigenvalue weighted by Gasteiger charge is 2.43. The second kappa shape index (κ2) is 5.17. The molecule has 3 fully saturated rings. The van der Waals surface area contributed by atoms with Crippen molar-refractivity contribution in [1.29, 1.82) is 0 Å². The first-order valence-corrected chi connectivity index (χ1v) is 8.07. The summed E-state index contributed by atoms with van der Waals surface area (Å²) in [5.74, 6) is 0.628. The van der Waals surface area contributed by atoms with Gasteiger partial charge in [-0.1, -0.05) is 19.3 Å². The molecule has 3 nitrogen and oxygen atoms in total. The highest BCUT2D eigenvalue weighted by molar-refractivity contribution is 5.82. The molecule has 19 heavy (non-hydrogen) atoms. The van der Waals surface area contributed by atoms with Crippen LogP contribution in [0.2, 0.25) is 0 Å². The molecule has 3 aliphatic rings. The number of ketones is 1. The third kappa shape index (κ3) is 2.87. The van der Waals surface area contributed by atoms with E-state index in [2.05, 4.69) is 0 Å². The summed E-state index contributed by atoms with van der Waals surface area (Å²) < 4.78 is 6.07. The molecule has 2 N–H and O–H groups in total. The van der Waals surface area contributed by atoms with Gasteiger partial charge >= 0.3 is 0 Å². The van der Waals surface area contributed by atoms with Gasteiger partial charge in [0.1, 0.15) is 5.78 Å². The van der Waals surface area contributed by atoms with E-state index in [9.17, 15) is 4.79 Å². The maximum absolute atomic E-state index is 12.5. The summed E-state index contributed by atoms with van der Waals surface area (Å²) >= 11 is 0. The fourth-order valence-corrected chi connectivity index (χ4v) is 4.15. The number of hydrogen-bond donors (Lipinski definition) is 1. The molecule has 0 amide bonds. The minimum Gasteiger partial charge on any atom is -0.375 e. The van der Waals surface area contributed by atoms with E-state index in [4.69, 9.17) is 10.5 Å². The Hall–Kier alpha value is -0.410. The number of rotatable bonds is 3. The van der Waals surface area contributed by atoms with Crippen LogP contribution in [0.1, 0.15) is 70.6 Å². The van der Waals surface area contributed by atoms with E-state index in [1.54, 1.807) is 0 Å². The zero-order valence-electron chi connectivity index (χ0n) is 12.0. The Kier molecular flexibility index (Phi) is 3.69. The molecular formula is C16H27NO2. The zero-order chi connectivity index (χ0) is 13.3. The van der Waals surface area contributed by atoms with Crippen LogP contribution in [0, 0.1) is 5.92 Å². The highest BCUT2D eigenvalue weighted by atomic mass is 16.5. The molecule has 0 bridgehead atoms. The smallest absolute Gasteiger partial charge is 0.138 e. The van der Waals surface area contributed by atoms with Crippen LogP contribution in [0.3, 0.4) is 0 Å². The maximum Gasteiger partial charge on any atom is 0.138 e. The Bertz CT molecular complexity index is 337. The molecule has 3 heteroatoms. The largest absolute Gasteiger partial charge is 0.375 e. The van der Waals surface area contributed by atoms with Crippen molar-refractivity contribution in [3.05, 3.63) is 0 Å². The number of Topliss-reactive ketones (excluding diaryl/α,β-unsaturated/α-hetero) is 1. The van der Waals surface area contributed by atoms with Crippen LogP contribution in [0.15, 0.2) is 0 Å². The molecular weight excluding hydrogens is 238 g/mol. The maximum atomic E-state index is 12.5. The number of nitrogens with two attached hydrogens (primary N) is 1. The van der Waals surface area contributed by atoms with E-state index in [1.165, 1.54) is 25.7 Å². The summed E-state index contributed by atoms with van der Waals surface area (Å²) in [6, 6.07) is 0. The van der Waals surface area contributed by atoms with Gasteiger partial charge in [0.05, 0.1) is 5.60 Å². The van der Waals surface area contributed by atoms with Gasteiger partial charge in [0, 0.05) is 24.5 Å². The van der Waals surface area contributed by atoms with Crippen LogP contribution < -0.4 is 5.73 Å². The number of ether oxygens (including phenoxy) is 1. The van der Waals surface area contributed by atoms with Gasteiger partial charge in [-0.15, -0.1) is 0 Å². The monoisotopic (exact) mass is 265 g/mol. The van der Waals surface area contributed by atoms with Crippen LogP contribution in [0.5, 0.6) is 0 Å². The van der Waals surface area contributed by atoms with Gasteiger partial charge in [0.25, 0.3) is 0 Å². The molecule has 0 aromatic heterocycles. The fraction of sp³-hybridized carbons (Fsp3) is 0.938. The van der Waals surface area contributed by atoms with Crippen molar-refractivity contribution < 1.29 is 9.53 Å². The summed E-state index contributed by atoms with van der Waals surface area (Å²) in [7, 11) is 0. The first kappa shape index (κ1) is 13.6. The van der Waals surface area contributed by atoms with Crippen LogP contribution in [0.25, 0.3) is 0 Å². The molecule has 1 atom stereocenters. The van der Waals surface area contributed by atoms with Gasteiger partial charge in [-0.2, -0.15) is 0 Å². The molecule has 0 aromatic carbocycles. The standard InChI is InChI=1S/C16H27NO2/c17-15(6-4-7-15)12-14(18)13-5-10-19-16(11-13)8-2-1-3-9-16/h13H,1-12,17H2. The topological polar surface area (TPSA) is 52.3 Å². The van der Waals surface area contributed by atoms with Gasteiger partial charge in [-0.3, -0.25) is 4.79 Å². The summed E-state index contributed by atoms with van der Waals surface area (Å²) in [6.07, 6.45) is 11.9. The number of carbonyl (C=O) groups is 1. The van der Waals surface area contributed by atoms with Crippen LogP contribution >= 0.6 is 0 Å². The minimum absolute atomic E-state index is 0.0399. The Morgan fingerprint density at radius 2 is 1.84 bits per heavy atom. The van der Waals surface area contributed by atoms with Crippen molar-refractivity contribution in [2.75, 3.05) is 6.61 Å². The fourth-order valence-electron chi connectivity index (χ4n) is 4.15. The summed E-state index contributed by atoms with van der Waals surface area (Å²) in [5.41, 5.74) is 6.11. The third-order valence-corrected chi connectivity index (χ3v) is 5.59. The predicted molar refractivity (Wildman–Crippen MR) is 74.9 cm³/mol. The van der Waals surface area contributed by atoms with Crippen molar-refractivity contribution in [2.45, 2.75) is 81.8 Å². The van der Waals surface area contributed by atoms with Crippen LogP contribution in [-0.2, 0) is 9.53 Å². The molecule has 2 saturated carbocycles. The Labute approximate surface area is 116 Å². The third-order valence-electron chi connectivity index (χ3n) is 5.59. The lowest BCUT2D eigenvalue weighted by Gasteiger charge is -2.44. The van der Waals surface area contributed by atoms with Gasteiger partial charge in [0.15, 0.2) is 0 Å². The van der Waals surface area contributed by atoms with Crippen molar-refractivity contribution >= 4 is 5.78 Å². The normalized spacial score (nSPS) is 32.8. The van der Waals surface area contributed by atoms with E-state index in [1.807, 2.05) is 0 Å². The van der Waals surface area contributed by atoms with Crippen molar-refractivity contribution in [2.24, 2.45) is 11.7 Å². The zero-order valence-corrected chi connectivity index (χ0v) is 12.0. The van der Waals surface area contributed by atoms with E-state index in [0.717, 1.165) is 45.1 Å². The highest BCUT2D eigenvalue weighted by Crippen LogP contribution is 2.42. The summed E-state index contributed by atoms with van der Waals surface area (Å²) in [5, 5.41) is 0. The van der Waals surface area contributed by atoms with Gasteiger partial charge in [-0.05, 0) is 44.9 Å². The number of carbonyl (C=O) groups excluding carboxylic acids is 1. The second-order valence-electron chi connectivity index (χ2n) is 7.14. The molecule has 1 unspecified atom stereocenters. The molecule has 108 valence electrons. The van der Waals surface area contributed by atoms with E-state index in [0.29, 0.717) is 12.2 Å². The Morgan fingerprint density at radius 3 is 2.47 bits per heavy atom. The lowest BCUT2D eigenvalue weighted by molar-refractivity contribution is -0.144. The molecule has 0 radical (unpaired) electrons.